The maximum absolute atomic E-state index is 13.0. The SMILES string of the molecule is CN(CCC(=O)O)C(=O)[C@@H]1CCCCN1Cc1ccc(F)cc1. The highest BCUT2D eigenvalue weighted by molar-refractivity contribution is 5.82. The molecule has 5 nitrogen and oxygen atoms in total. The Bertz CT molecular complexity index is 547. The molecule has 1 aliphatic heterocycles. The lowest BCUT2D eigenvalue weighted by atomic mass is 10.00. The summed E-state index contributed by atoms with van der Waals surface area (Å²) in [7, 11) is 1.65. The summed E-state index contributed by atoms with van der Waals surface area (Å²) in [6.45, 7) is 1.64. The third-order valence-electron chi connectivity index (χ3n) is 4.23. The number of benzene rings is 1. The van der Waals surface area contributed by atoms with Crippen LogP contribution in [0.3, 0.4) is 0 Å². The van der Waals surface area contributed by atoms with E-state index in [1.165, 1.54) is 17.0 Å². The summed E-state index contributed by atoms with van der Waals surface area (Å²) in [5, 5.41) is 8.74. The highest BCUT2D eigenvalue weighted by Crippen LogP contribution is 2.21. The second-order valence-electron chi connectivity index (χ2n) is 6.01. The van der Waals surface area contributed by atoms with E-state index in [0.29, 0.717) is 6.54 Å². The van der Waals surface area contributed by atoms with Gasteiger partial charge < -0.3 is 10.0 Å². The van der Waals surface area contributed by atoms with Crippen LogP contribution in [0, 0.1) is 5.82 Å². The number of hydrogen-bond donors (Lipinski definition) is 1. The molecule has 0 bridgehead atoms. The minimum Gasteiger partial charge on any atom is -0.481 e. The van der Waals surface area contributed by atoms with Crippen LogP contribution >= 0.6 is 0 Å². The van der Waals surface area contributed by atoms with E-state index in [1.54, 1.807) is 19.2 Å². The third-order valence-corrected chi connectivity index (χ3v) is 4.23. The molecule has 1 aromatic carbocycles. The number of rotatable bonds is 6. The summed E-state index contributed by atoms with van der Waals surface area (Å²) >= 11 is 0. The predicted molar refractivity (Wildman–Crippen MR) is 84.3 cm³/mol. The second kappa shape index (κ2) is 8.06. The van der Waals surface area contributed by atoms with Gasteiger partial charge in [-0.25, -0.2) is 4.39 Å². The lowest BCUT2D eigenvalue weighted by molar-refractivity contribution is -0.140. The van der Waals surface area contributed by atoms with Crippen molar-refractivity contribution in [2.75, 3.05) is 20.1 Å². The molecule has 0 aliphatic carbocycles. The van der Waals surface area contributed by atoms with Gasteiger partial charge in [-0.15, -0.1) is 0 Å². The van der Waals surface area contributed by atoms with Gasteiger partial charge in [-0.1, -0.05) is 18.6 Å². The molecule has 0 spiro atoms. The zero-order valence-electron chi connectivity index (χ0n) is 13.4. The Labute approximate surface area is 135 Å². The Morgan fingerprint density at radius 2 is 2.00 bits per heavy atom. The lowest BCUT2D eigenvalue weighted by Crippen LogP contribution is -2.49. The fraction of sp³-hybridized carbons (Fsp3) is 0.529. The van der Waals surface area contributed by atoms with E-state index >= 15 is 0 Å². The number of carbonyl (C=O) groups is 2. The maximum Gasteiger partial charge on any atom is 0.305 e. The van der Waals surface area contributed by atoms with Gasteiger partial charge in [0.1, 0.15) is 5.82 Å². The van der Waals surface area contributed by atoms with Crippen LogP contribution in [0.4, 0.5) is 4.39 Å². The van der Waals surface area contributed by atoms with Crippen molar-refractivity contribution in [2.24, 2.45) is 0 Å². The molecule has 1 fully saturated rings. The number of amides is 1. The van der Waals surface area contributed by atoms with E-state index in [0.717, 1.165) is 31.4 Å². The molecule has 2 rings (SSSR count). The number of carbonyl (C=O) groups excluding carboxylic acids is 1. The summed E-state index contributed by atoms with van der Waals surface area (Å²) in [5.74, 6) is -1.21. The van der Waals surface area contributed by atoms with Gasteiger partial charge in [0.25, 0.3) is 0 Å². The summed E-state index contributed by atoms with van der Waals surface area (Å²) in [6, 6.07) is 6.09. The van der Waals surface area contributed by atoms with Crippen molar-refractivity contribution >= 4 is 11.9 Å². The van der Waals surface area contributed by atoms with Crippen LogP contribution in [0.25, 0.3) is 0 Å². The van der Waals surface area contributed by atoms with E-state index in [9.17, 15) is 14.0 Å². The Morgan fingerprint density at radius 3 is 2.65 bits per heavy atom. The van der Waals surface area contributed by atoms with Crippen molar-refractivity contribution in [3.63, 3.8) is 0 Å². The molecule has 0 radical (unpaired) electrons. The minimum absolute atomic E-state index is 0.0342. The molecule has 0 unspecified atom stereocenters. The molecule has 1 heterocycles. The first-order valence-electron chi connectivity index (χ1n) is 7.92. The number of likely N-dealkylation sites (N-methyl/N-ethyl adjacent to an activating group) is 1. The summed E-state index contributed by atoms with van der Waals surface area (Å²) in [4.78, 5) is 26.9. The van der Waals surface area contributed by atoms with Crippen molar-refractivity contribution in [2.45, 2.75) is 38.3 Å². The normalized spacial score (nSPS) is 18.6. The van der Waals surface area contributed by atoms with Gasteiger partial charge in [-0.05, 0) is 37.1 Å². The minimum atomic E-state index is -0.906. The molecule has 23 heavy (non-hydrogen) atoms. The molecule has 1 saturated heterocycles. The van der Waals surface area contributed by atoms with Crippen molar-refractivity contribution < 1.29 is 19.1 Å². The van der Waals surface area contributed by atoms with E-state index in [2.05, 4.69) is 4.90 Å². The molecular formula is C17H23FN2O3. The lowest BCUT2D eigenvalue weighted by Gasteiger charge is -2.36. The quantitative estimate of drug-likeness (QED) is 0.871. The fourth-order valence-corrected chi connectivity index (χ4v) is 2.91. The number of halogens is 1. The van der Waals surface area contributed by atoms with Crippen molar-refractivity contribution in [3.05, 3.63) is 35.6 Å². The molecule has 126 valence electrons. The third kappa shape index (κ3) is 5.03. The first-order chi connectivity index (χ1) is 11.0. The maximum atomic E-state index is 13.0. The van der Waals surface area contributed by atoms with E-state index in [4.69, 9.17) is 5.11 Å². The number of carboxylic acid groups (broad SMARTS) is 1. The van der Waals surface area contributed by atoms with Crippen molar-refractivity contribution in [1.29, 1.82) is 0 Å². The number of hydrogen-bond acceptors (Lipinski definition) is 3. The summed E-state index contributed by atoms with van der Waals surface area (Å²) in [6.07, 6.45) is 2.75. The van der Waals surface area contributed by atoms with Gasteiger partial charge in [0.2, 0.25) is 5.91 Å². The van der Waals surface area contributed by atoms with E-state index in [1.807, 2.05) is 0 Å². The van der Waals surface area contributed by atoms with Crippen molar-refractivity contribution in [1.82, 2.24) is 9.80 Å². The van der Waals surface area contributed by atoms with Gasteiger partial charge in [0.05, 0.1) is 12.5 Å². The summed E-state index contributed by atoms with van der Waals surface area (Å²) < 4.78 is 13.0. The average Bonchev–Trinajstić information content (AvgIpc) is 2.54. The molecule has 1 N–H and O–H groups in total. The number of carboxylic acids is 1. The van der Waals surface area contributed by atoms with Crippen LogP contribution in [0.1, 0.15) is 31.2 Å². The molecule has 0 aromatic heterocycles. The Kier molecular flexibility index (Phi) is 6.10. The summed E-state index contributed by atoms with van der Waals surface area (Å²) in [5.41, 5.74) is 0.972. The standard InChI is InChI=1S/C17H23FN2O3/c1-19(11-9-16(21)22)17(23)15-4-2-3-10-20(15)12-13-5-7-14(18)8-6-13/h5-8,15H,2-4,9-12H2,1H3,(H,21,22)/t15-/m0/s1. The first-order valence-corrected chi connectivity index (χ1v) is 7.92. The Balaban J connectivity index is 2.00. The zero-order chi connectivity index (χ0) is 16.8. The molecule has 6 heteroatoms. The van der Waals surface area contributed by atoms with E-state index in [-0.39, 0.29) is 30.7 Å². The number of piperidine rings is 1. The monoisotopic (exact) mass is 322 g/mol. The smallest absolute Gasteiger partial charge is 0.305 e. The van der Waals surface area contributed by atoms with Gasteiger partial charge in [0, 0.05) is 20.1 Å². The van der Waals surface area contributed by atoms with Crippen LogP contribution in [0.15, 0.2) is 24.3 Å². The number of aliphatic carboxylic acids is 1. The molecule has 1 aromatic rings. The number of nitrogens with zero attached hydrogens (tertiary/aromatic N) is 2. The largest absolute Gasteiger partial charge is 0.481 e. The molecular weight excluding hydrogens is 299 g/mol. The zero-order valence-corrected chi connectivity index (χ0v) is 13.4. The van der Waals surface area contributed by atoms with Crippen LogP contribution in [-0.2, 0) is 16.1 Å². The van der Waals surface area contributed by atoms with Gasteiger partial charge >= 0.3 is 5.97 Å². The Hall–Kier alpha value is -1.95. The highest BCUT2D eigenvalue weighted by atomic mass is 19.1. The molecule has 0 saturated carbocycles. The van der Waals surface area contributed by atoms with Crippen molar-refractivity contribution in [3.8, 4) is 0 Å². The number of likely N-dealkylation sites (tertiary alicyclic amines) is 1. The van der Waals surface area contributed by atoms with Crippen LogP contribution in [0.2, 0.25) is 0 Å². The molecule has 1 amide bonds. The molecule has 1 aliphatic rings. The van der Waals surface area contributed by atoms with Gasteiger partial charge in [-0.3, -0.25) is 14.5 Å². The topological polar surface area (TPSA) is 60.9 Å². The second-order valence-corrected chi connectivity index (χ2v) is 6.01. The van der Waals surface area contributed by atoms with Gasteiger partial charge in [0.15, 0.2) is 0 Å². The fourth-order valence-electron chi connectivity index (χ4n) is 2.91. The first kappa shape index (κ1) is 17.4. The van der Waals surface area contributed by atoms with Crippen LogP contribution in [-0.4, -0.2) is 53.0 Å². The van der Waals surface area contributed by atoms with Crippen LogP contribution < -0.4 is 0 Å². The predicted octanol–water partition coefficient (Wildman–Crippen LogP) is 2.11. The van der Waals surface area contributed by atoms with E-state index < -0.39 is 5.97 Å². The van der Waals surface area contributed by atoms with Gasteiger partial charge in [-0.2, -0.15) is 0 Å². The Morgan fingerprint density at radius 1 is 1.30 bits per heavy atom. The van der Waals surface area contributed by atoms with Crippen LogP contribution in [0.5, 0.6) is 0 Å². The highest BCUT2D eigenvalue weighted by Gasteiger charge is 2.30. The molecule has 1 atom stereocenters. The average molecular weight is 322 g/mol.